The minimum absolute atomic E-state index is 0.0991. The number of fused-ring (bicyclic) bond motifs is 3. The van der Waals surface area contributed by atoms with Crippen LogP contribution < -0.4 is 19.8 Å². The molecule has 1 saturated heterocycles. The standard InChI is InChI=1S/C23H23NO7S/c1-28-16-4-5-17(21(10-16)29-2)18-9-14-3-6-20-19(22(14)31-23(18)25)11-24(13-30-20)15-7-8-32(26,27)12-15/h3-6,9-10,15H,7-8,11-13H2,1-2H3/t15-/m0/s1. The molecule has 32 heavy (non-hydrogen) atoms. The van der Waals surface area contributed by atoms with Crippen molar-refractivity contribution < 1.29 is 27.0 Å². The van der Waals surface area contributed by atoms with E-state index in [0.717, 1.165) is 10.9 Å². The average Bonchev–Trinajstić information content (AvgIpc) is 3.17. The topological polar surface area (TPSA) is 95.3 Å². The van der Waals surface area contributed by atoms with Crippen molar-refractivity contribution in [2.45, 2.75) is 19.0 Å². The van der Waals surface area contributed by atoms with E-state index in [1.54, 1.807) is 31.4 Å². The SMILES string of the molecule is COc1ccc(-c2cc3ccc4c(c3oc2=O)CN([C@H]2CCS(=O)(=O)C2)CO4)c(OC)c1. The van der Waals surface area contributed by atoms with E-state index in [0.29, 0.717) is 53.7 Å². The van der Waals surface area contributed by atoms with Gasteiger partial charge in [0.1, 0.15) is 29.6 Å². The van der Waals surface area contributed by atoms with Crippen LogP contribution in [0.1, 0.15) is 12.0 Å². The minimum Gasteiger partial charge on any atom is -0.497 e. The average molecular weight is 458 g/mol. The molecule has 0 aliphatic carbocycles. The maximum absolute atomic E-state index is 13.0. The van der Waals surface area contributed by atoms with Crippen LogP contribution in [0.4, 0.5) is 0 Å². The fourth-order valence-corrected chi connectivity index (χ4v) is 6.18. The molecule has 2 aliphatic rings. The molecule has 3 heterocycles. The number of ether oxygens (including phenoxy) is 3. The maximum atomic E-state index is 13.0. The lowest BCUT2D eigenvalue weighted by atomic mass is 10.0. The van der Waals surface area contributed by atoms with Crippen LogP contribution in [0.25, 0.3) is 22.1 Å². The first-order chi connectivity index (χ1) is 15.4. The summed E-state index contributed by atoms with van der Waals surface area (Å²) in [6, 6.07) is 10.6. The van der Waals surface area contributed by atoms with Gasteiger partial charge in [-0.1, -0.05) is 0 Å². The van der Waals surface area contributed by atoms with E-state index in [2.05, 4.69) is 0 Å². The first kappa shape index (κ1) is 20.8. The molecule has 0 saturated carbocycles. The molecule has 168 valence electrons. The number of hydrogen-bond acceptors (Lipinski definition) is 8. The Morgan fingerprint density at radius 1 is 1.06 bits per heavy atom. The van der Waals surface area contributed by atoms with E-state index >= 15 is 0 Å². The van der Waals surface area contributed by atoms with Gasteiger partial charge in [-0.25, -0.2) is 13.2 Å². The van der Waals surface area contributed by atoms with Gasteiger partial charge in [0.15, 0.2) is 9.84 Å². The number of benzene rings is 2. The third-order valence-corrected chi connectivity index (χ3v) is 7.88. The Labute approximate surface area is 185 Å². The Morgan fingerprint density at radius 2 is 1.91 bits per heavy atom. The molecule has 3 aromatic rings. The summed E-state index contributed by atoms with van der Waals surface area (Å²) in [5, 5.41) is 0.751. The lowest BCUT2D eigenvalue weighted by Gasteiger charge is -2.33. The van der Waals surface area contributed by atoms with Crippen molar-refractivity contribution in [1.29, 1.82) is 0 Å². The largest absolute Gasteiger partial charge is 0.497 e. The van der Waals surface area contributed by atoms with E-state index in [4.69, 9.17) is 18.6 Å². The third-order valence-electron chi connectivity index (χ3n) is 6.13. The summed E-state index contributed by atoms with van der Waals surface area (Å²) >= 11 is 0. The molecule has 0 amide bonds. The summed E-state index contributed by atoms with van der Waals surface area (Å²) in [7, 11) is 0.0872. The third kappa shape index (κ3) is 3.61. The quantitative estimate of drug-likeness (QED) is 0.552. The van der Waals surface area contributed by atoms with Crippen LogP contribution in [-0.4, -0.2) is 51.8 Å². The second kappa shape index (κ2) is 7.83. The van der Waals surface area contributed by atoms with Gasteiger partial charge in [0.25, 0.3) is 0 Å². The molecule has 0 radical (unpaired) electrons. The smallest absolute Gasteiger partial charge is 0.344 e. The van der Waals surface area contributed by atoms with E-state index in [1.807, 2.05) is 17.0 Å². The van der Waals surface area contributed by atoms with Gasteiger partial charge in [-0.15, -0.1) is 0 Å². The van der Waals surface area contributed by atoms with Crippen molar-refractivity contribution in [1.82, 2.24) is 4.90 Å². The summed E-state index contributed by atoms with van der Waals surface area (Å²) in [5.41, 5.74) is 1.70. The molecule has 1 aromatic heterocycles. The Kier molecular flexibility index (Phi) is 5.10. The fourth-order valence-electron chi connectivity index (χ4n) is 4.42. The fraction of sp³-hybridized carbons (Fsp3) is 0.348. The first-order valence-electron chi connectivity index (χ1n) is 10.3. The Morgan fingerprint density at radius 3 is 2.62 bits per heavy atom. The Balaban J connectivity index is 1.56. The monoisotopic (exact) mass is 457 g/mol. The molecule has 2 aromatic carbocycles. The molecule has 1 fully saturated rings. The molecule has 0 spiro atoms. The zero-order chi connectivity index (χ0) is 22.5. The van der Waals surface area contributed by atoms with Crippen LogP contribution in [0.5, 0.6) is 17.2 Å². The summed E-state index contributed by atoms with van der Waals surface area (Å²) in [4.78, 5) is 15.0. The van der Waals surface area contributed by atoms with Crippen LogP contribution in [0.15, 0.2) is 45.6 Å². The summed E-state index contributed by atoms with van der Waals surface area (Å²) in [6.45, 7) is 0.769. The van der Waals surface area contributed by atoms with Gasteiger partial charge in [0.2, 0.25) is 0 Å². The number of rotatable bonds is 4. The van der Waals surface area contributed by atoms with Crippen molar-refractivity contribution in [2.24, 2.45) is 0 Å². The molecule has 0 unspecified atom stereocenters. The van der Waals surface area contributed by atoms with Crippen LogP contribution >= 0.6 is 0 Å². The normalized spacial score (nSPS) is 20.0. The van der Waals surface area contributed by atoms with Gasteiger partial charge in [-0.3, -0.25) is 4.90 Å². The second-order valence-electron chi connectivity index (χ2n) is 8.05. The summed E-state index contributed by atoms with van der Waals surface area (Å²) in [6.07, 6.45) is 0.581. The van der Waals surface area contributed by atoms with Gasteiger partial charge in [-0.05, 0) is 36.8 Å². The maximum Gasteiger partial charge on any atom is 0.344 e. The second-order valence-corrected chi connectivity index (χ2v) is 10.3. The predicted molar refractivity (Wildman–Crippen MR) is 119 cm³/mol. The molecule has 2 aliphatic heterocycles. The highest BCUT2D eigenvalue weighted by molar-refractivity contribution is 7.91. The number of nitrogens with zero attached hydrogens (tertiary/aromatic N) is 1. The van der Waals surface area contributed by atoms with Gasteiger partial charge in [0, 0.05) is 29.6 Å². The Bertz CT molecular complexity index is 1360. The molecule has 9 heteroatoms. The molecule has 1 atom stereocenters. The van der Waals surface area contributed by atoms with Crippen molar-refractivity contribution in [3.05, 3.63) is 52.4 Å². The van der Waals surface area contributed by atoms with Crippen molar-refractivity contribution in [2.75, 3.05) is 32.5 Å². The summed E-state index contributed by atoms with van der Waals surface area (Å²) < 4.78 is 46.2. The lowest BCUT2D eigenvalue weighted by molar-refractivity contribution is 0.0649. The molecule has 8 nitrogen and oxygen atoms in total. The van der Waals surface area contributed by atoms with Crippen molar-refractivity contribution >= 4 is 20.8 Å². The highest BCUT2D eigenvalue weighted by atomic mass is 32.2. The van der Waals surface area contributed by atoms with Crippen LogP contribution in [0, 0.1) is 0 Å². The minimum atomic E-state index is -3.01. The van der Waals surface area contributed by atoms with Gasteiger partial charge in [0.05, 0.1) is 36.9 Å². The highest BCUT2D eigenvalue weighted by Crippen LogP contribution is 2.37. The predicted octanol–water partition coefficient (Wildman–Crippen LogP) is 2.82. The van der Waals surface area contributed by atoms with Crippen molar-refractivity contribution in [3.63, 3.8) is 0 Å². The molecule has 0 bridgehead atoms. The Hall–Kier alpha value is -3.04. The van der Waals surface area contributed by atoms with Crippen molar-refractivity contribution in [3.8, 4) is 28.4 Å². The van der Waals surface area contributed by atoms with Crippen LogP contribution in [0.2, 0.25) is 0 Å². The van der Waals surface area contributed by atoms with Crippen LogP contribution in [0.3, 0.4) is 0 Å². The van der Waals surface area contributed by atoms with Gasteiger partial charge in [-0.2, -0.15) is 0 Å². The lowest BCUT2D eigenvalue weighted by Crippen LogP contribution is -2.41. The number of sulfone groups is 1. The molecular weight excluding hydrogens is 434 g/mol. The van der Waals surface area contributed by atoms with Gasteiger partial charge < -0.3 is 18.6 Å². The first-order valence-corrected chi connectivity index (χ1v) is 12.1. The van der Waals surface area contributed by atoms with Crippen LogP contribution in [-0.2, 0) is 16.4 Å². The highest BCUT2D eigenvalue weighted by Gasteiger charge is 2.35. The molecule has 5 rings (SSSR count). The zero-order valence-corrected chi connectivity index (χ0v) is 18.6. The van der Waals surface area contributed by atoms with E-state index in [1.165, 1.54) is 7.11 Å². The number of methoxy groups -OCH3 is 2. The summed E-state index contributed by atoms with van der Waals surface area (Å²) in [5.74, 6) is 2.09. The van der Waals surface area contributed by atoms with Gasteiger partial charge >= 0.3 is 5.63 Å². The molecule has 0 N–H and O–H groups in total. The van der Waals surface area contributed by atoms with E-state index in [9.17, 15) is 13.2 Å². The van der Waals surface area contributed by atoms with E-state index < -0.39 is 15.5 Å². The zero-order valence-electron chi connectivity index (χ0n) is 17.8. The van der Waals surface area contributed by atoms with E-state index in [-0.39, 0.29) is 17.5 Å². The molecular formula is C23H23NO7S. The number of hydrogen-bond donors (Lipinski definition) is 0.